The fourth-order valence-corrected chi connectivity index (χ4v) is 5.81. The summed E-state index contributed by atoms with van der Waals surface area (Å²) in [6.07, 6.45) is 2.80. The Hall–Kier alpha value is -4.55. The number of rotatable bonds is 19. The Labute approximate surface area is 281 Å². The molecule has 0 spiro atoms. The van der Waals surface area contributed by atoms with E-state index >= 15 is 0 Å². The zero-order valence-corrected chi connectivity index (χ0v) is 27.6. The number of methoxy groups -OCH3 is 1. The topological polar surface area (TPSA) is 175 Å². The van der Waals surface area contributed by atoms with Gasteiger partial charge in [0.1, 0.15) is 18.3 Å². The van der Waals surface area contributed by atoms with Crippen LogP contribution in [-0.2, 0) is 30.6 Å². The quantitative estimate of drug-likeness (QED) is 0.0579. The molecule has 1 aromatic heterocycles. The predicted octanol–water partition coefficient (Wildman–Crippen LogP) is 3.54. The summed E-state index contributed by atoms with van der Waals surface area (Å²) >= 11 is 0. The van der Waals surface area contributed by atoms with Crippen molar-refractivity contribution in [1.82, 2.24) is 15.6 Å². The maximum atomic E-state index is 14.2. The molecule has 0 saturated heterocycles. The van der Waals surface area contributed by atoms with E-state index in [2.05, 4.69) is 15.6 Å². The van der Waals surface area contributed by atoms with Gasteiger partial charge in [-0.25, -0.2) is 0 Å². The number of nitrogens with zero attached hydrogens (tertiary/aromatic N) is 1. The molecule has 3 aromatic carbocycles. The molecule has 0 radical (unpaired) electrons. The highest BCUT2D eigenvalue weighted by atomic mass is 16.5. The van der Waals surface area contributed by atoms with Gasteiger partial charge in [-0.15, -0.1) is 0 Å². The third kappa shape index (κ3) is 10.5. The second-order valence-electron chi connectivity index (χ2n) is 12.2. The van der Waals surface area contributed by atoms with Gasteiger partial charge >= 0.3 is 0 Å². The first-order chi connectivity index (χ1) is 23.1. The number of ether oxygens (including phenoxy) is 2. The van der Waals surface area contributed by atoms with Crippen LogP contribution in [0.2, 0.25) is 0 Å². The maximum Gasteiger partial charge on any atom is 0.163 e. The summed E-state index contributed by atoms with van der Waals surface area (Å²) in [6.45, 7) is 2.50. The van der Waals surface area contributed by atoms with Gasteiger partial charge in [0, 0.05) is 25.4 Å². The molecule has 1 heterocycles. The monoisotopic (exact) mass is 660 g/mol. The van der Waals surface area contributed by atoms with Gasteiger partial charge in [-0.05, 0) is 97.8 Å². The number of aromatic hydroxyl groups is 3. The van der Waals surface area contributed by atoms with Crippen LogP contribution in [0.15, 0.2) is 73.1 Å². The lowest BCUT2D eigenvalue weighted by Gasteiger charge is -2.26. The average Bonchev–Trinajstić information content (AvgIpc) is 3.56. The van der Waals surface area contributed by atoms with E-state index in [4.69, 9.17) is 9.47 Å². The van der Waals surface area contributed by atoms with E-state index < -0.39 is 18.1 Å². The van der Waals surface area contributed by atoms with Gasteiger partial charge < -0.3 is 45.3 Å². The summed E-state index contributed by atoms with van der Waals surface area (Å²) in [5.74, 6) is -0.799. The van der Waals surface area contributed by atoms with Gasteiger partial charge in [-0.1, -0.05) is 29.8 Å². The Morgan fingerprint density at radius 1 is 0.854 bits per heavy atom. The number of hydrogen-bond acceptors (Lipinski definition) is 10. The van der Waals surface area contributed by atoms with Gasteiger partial charge in [-0.3, -0.25) is 10.1 Å². The molecule has 0 aliphatic carbocycles. The molecule has 0 aliphatic rings. The fraction of sp³-hybridized carbons (Fsp3) is 0.378. The molecule has 0 amide bonds. The van der Waals surface area contributed by atoms with Gasteiger partial charge in [0.05, 0.1) is 19.3 Å². The van der Waals surface area contributed by atoms with Crippen molar-refractivity contribution in [3.05, 3.63) is 101 Å². The molecule has 48 heavy (non-hydrogen) atoms. The van der Waals surface area contributed by atoms with Crippen LogP contribution >= 0.6 is 0 Å². The second-order valence-corrected chi connectivity index (χ2v) is 12.2. The van der Waals surface area contributed by atoms with Crippen LogP contribution in [0, 0.1) is 5.92 Å². The molecular weight excluding hydrogens is 614 g/mol. The number of benzene rings is 3. The highest BCUT2D eigenvalue weighted by Crippen LogP contribution is 2.34. The molecular formula is C37H46N3O8-. The first kappa shape index (κ1) is 36.3. The van der Waals surface area contributed by atoms with Crippen molar-refractivity contribution >= 4 is 5.78 Å². The number of phenols is 3. The molecule has 4 aromatic rings. The minimum absolute atomic E-state index is 0.0131. The van der Waals surface area contributed by atoms with E-state index in [0.29, 0.717) is 42.8 Å². The third-order valence-electron chi connectivity index (χ3n) is 8.21. The van der Waals surface area contributed by atoms with Crippen LogP contribution in [0.25, 0.3) is 0 Å². The number of aromatic nitrogens is 1. The lowest BCUT2D eigenvalue weighted by Crippen LogP contribution is -2.30. The van der Waals surface area contributed by atoms with Crippen LogP contribution in [0.1, 0.15) is 47.1 Å². The molecule has 0 fully saturated rings. The molecule has 11 nitrogen and oxygen atoms in total. The number of phenolic OH excluding ortho intramolecular Hbond substituents is 3. The van der Waals surface area contributed by atoms with Crippen molar-refractivity contribution in [3.8, 4) is 28.7 Å². The van der Waals surface area contributed by atoms with E-state index in [-0.39, 0.29) is 54.3 Å². The molecule has 0 saturated carbocycles. The Kier molecular flexibility index (Phi) is 13.3. The van der Waals surface area contributed by atoms with Crippen molar-refractivity contribution in [2.45, 2.75) is 57.3 Å². The first-order valence-corrected chi connectivity index (χ1v) is 16.0. The number of aliphatic hydroxyl groups is 2. The summed E-state index contributed by atoms with van der Waals surface area (Å²) in [5.41, 5.74) is 3.87. The lowest BCUT2D eigenvalue weighted by molar-refractivity contribution is -0.123. The van der Waals surface area contributed by atoms with Crippen molar-refractivity contribution in [2.24, 2.45) is 5.92 Å². The molecule has 0 bridgehead atoms. The number of Topliss-reactive ketones (excluding diaryl/α,β-unsaturated/α-hetero) is 1. The number of ketones is 1. The summed E-state index contributed by atoms with van der Waals surface area (Å²) in [6, 6.07) is 16.9. The van der Waals surface area contributed by atoms with Gasteiger partial charge in [0.2, 0.25) is 0 Å². The predicted molar refractivity (Wildman–Crippen MR) is 182 cm³/mol. The zero-order chi connectivity index (χ0) is 34.6. The number of carbonyl (C=O) groups excluding carboxylic acids is 1. The fourth-order valence-electron chi connectivity index (χ4n) is 5.81. The van der Waals surface area contributed by atoms with Crippen molar-refractivity contribution in [1.29, 1.82) is 0 Å². The van der Waals surface area contributed by atoms with E-state index in [1.165, 1.54) is 13.2 Å². The van der Waals surface area contributed by atoms with E-state index in [1.54, 1.807) is 68.8 Å². The van der Waals surface area contributed by atoms with E-state index in [9.17, 15) is 30.3 Å². The molecule has 4 atom stereocenters. The molecule has 4 rings (SSSR count). The molecule has 0 aliphatic heterocycles. The Balaban J connectivity index is 1.61. The zero-order valence-electron chi connectivity index (χ0n) is 27.6. The number of nitrogens with one attached hydrogen (secondary N) is 2. The van der Waals surface area contributed by atoms with Gasteiger partial charge in [0.15, 0.2) is 23.0 Å². The van der Waals surface area contributed by atoms with Crippen molar-refractivity contribution in [2.75, 3.05) is 27.4 Å². The largest absolute Gasteiger partial charge is 0.670 e. The van der Waals surface area contributed by atoms with Gasteiger partial charge in [0.25, 0.3) is 0 Å². The van der Waals surface area contributed by atoms with Gasteiger partial charge in [-0.2, -0.15) is 12.4 Å². The van der Waals surface area contributed by atoms with E-state index in [0.717, 1.165) is 16.7 Å². The summed E-state index contributed by atoms with van der Waals surface area (Å²) in [7, 11) is 3.27. The van der Waals surface area contributed by atoms with E-state index in [1.807, 2.05) is 12.1 Å². The number of carbonyl (C=O) groups is 1. The summed E-state index contributed by atoms with van der Waals surface area (Å²) in [4.78, 5) is 18.4. The van der Waals surface area contributed by atoms with Crippen LogP contribution < -0.4 is 25.1 Å². The van der Waals surface area contributed by atoms with Crippen LogP contribution in [-0.4, -0.2) is 71.0 Å². The minimum Gasteiger partial charge on any atom is -0.670 e. The first-order valence-electron chi connectivity index (χ1n) is 16.0. The Bertz CT molecular complexity index is 1610. The second kappa shape index (κ2) is 17.6. The highest BCUT2D eigenvalue weighted by Gasteiger charge is 2.29. The van der Waals surface area contributed by atoms with Crippen LogP contribution in [0.5, 0.6) is 28.7 Å². The maximum absolute atomic E-state index is 14.2. The smallest absolute Gasteiger partial charge is 0.163 e. The average molecular weight is 661 g/mol. The molecule has 7 N–H and O–H groups in total. The SMILES string of the molecule is CNCc1cc(O)cc([C@@H](Cc2ccc(O)c(OCNC[C@H](C)O)c2)C(=O)C[C@@H](O)[C@H](Cc2cc[n-]c2)Cc2ccc(O)c(OC)c2)c1. The van der Waals surface area contributed by atoms with Crippen molar-refractivity contribution < 1.29 is 39.8 Å². The number of hydrogen-bond donors (Lipinski definition) is 7. The third-order valence-corrected chi connectivity index (χ3v) is 8.21. The normalized spacial score (nSPS) is 13.9. The summed E-state index contributed by atoms with van der Waals surface area (Å²) < 4.78 is 11.0. The van der Waals surface area contributed by atoms with Crippen molar-refractivity contribution in [3.63, 3.8) is 0 Å². The Morgan fingerprint density at radius 2 is 1.54 bits per heavy atom. The minimum atomic E-state index is -1.03. The Morgan fingerprint density at radius 3 is 2.21 bits per heavy atom. The van der Waals surface area contributed by atoms with Crippen LogP contribution in [0.3, 0.4) is 0 Å². The summed E-state index contributed by atoms with van der Waals surface area (Å²) in [5, 5.41) is 58.3. The highest BCUT2D eigenvalue weighted by molar-refractivity contribution is 5.86. The number of aliphatic hydroxyl groups excluding tert-OH is 2. The molecule has 11 heteroatoms. The lowest BCUT2D eigenvalue weighted by atomic mass is 9.81. The standard InChI is InChI=1S/C37H46N3O8/c1-23(41)19-40-22-48-37-16-25(5-7-33(37)44)14-31(28-12-27(20-38-2)13-30(42)17-28)35(46)18-34(45)29(11-26-8-9-39-21-26)10-24-4-6-32(43)36(15-24)47-3/h4-9,12-13,15-17,21,23,29,31,34,38,40-45H,10-11,14,18-20,22H2,1-3H3/q-1/t23-,29-,31+,34+/m0/s1. The molecule has 258 valence electrons. The molecule has 0 unspecified atom stereocenters. The van der Waals surface area contributed by atoms with Crippen LogP contribution in [0.4, 0.5) is 0 Å².